The van der Waals surface area contributed by atoms with Crippen molar-refractivity contribution in [2.45, 2.75) is 31.9 Å². The molecule has 1 aromatic carbocycles. The summed E-state index contributed by atoms with van der Waals surface area (Å²) in [6.45, 7) is 5.44. The Morgan fingerprint density at radius 3 is 2.71 bits per heavy atom. The first-order valence-corrected chi connectivity index (χ1v) is 5.74. The van der Waals surface area contributed by atoms with Crippen LogP contribution in [0.3, 0.4) is 0 Å². The molecule has 0 fully saturated rings. The van der Waals surface area contributed by atoms with Crippen LogP contribution in [-0.4, -0.2) is 12.1 Å². The van der Waals surface area contributed by atoms with Gasteiger partial charge >= 0.3 is 5.97 Å². The minimum Gasteiger partial charge on any atom is -0.462 e. The van der Waals surface area contributed by atoms with Gasteiger partial charge in [-0.15, -0.1) is 6.58 Å². The average Bonchev–Trinajstić information content (AvgIpc) is 2.30. The van der Waals surface area contributed by atoms with Crippen LogP contribution in [0.2, 0.25) is 0 Å². The van der Waals surface area contributed by atoms with Gasteiger partial charge in [0.15, 0.2) is 0 Å². The third-order valence-electron chi connectivity index (χ3n) is 2.45. The lowest BCUT2D eigenvalue weighted by atomic mass is 10.1. The van der Waals surface area contributed by atoms with Gasteiger partial charge in [0.25, 0.3) is 0 Å². The summed E-state index contributed by atoms with van der Waals surface area (Å²) in [6.07, 6.45) is 2.45. The Balaban J connectivity index is 2.43. The van der Waals surface area contributed by atoms with E-state index in [1.165, 1.54) is 0 Å². The zero-order valence-electron chi connectivity index (χ0n) is 10.1. The molecule has 17 heavy (non-hydrogen) atoms. The van der Waals surface area contributed by atoms with Crippen LogP contribution < -0.4 is 5.73 Å². The number of esters is 1. The zero-order valence-corrected chi connectivity index (χ0v) is 10.1. The molecule has 0 aliphatic carbocycles. The molecule has 0 saturated carbocycles. The maximum atomic E-state index is 11.6. The van der Waals surface area contributed by atoms with Crippen molar-refractivity contribution >= 4 is 5.97 Å². The second-order valence-electron chi connectivity index (χ2n) is 4.05. The molecule has 1 aromatic rings. The highest BCUT2D eigenvalue weighted by molar-refractivity contribution is 5.70. The van der Waals surface area contributed by atoms with Crippen LogP contribution in [0.25, 0.3) is 0 Å². The number of carbonyl (C=O) groups excluding carboxylic acids is 1. The van der Waals surface area contributed by atoms with Crippen LogP contribution in [0.1, 0.15) is 31.4 Å². The molecular weight excluding hydrogens is 214 g/mol. The van der Waals surface area contributed by atoms with E-state index in [9.17, 15) is 4.79 Å². The molecule has 0 radical (unpaired) electrons. The first-order chi connectivity index (χ1) is 8.13. The summed E-state index contributed by atoms with van der Waals surface area (Å²) >= 11 is 0. The molecular formula is C14H19NO2. The molecule has 2 unspecified atom stereocenters. The van der Waals surface area contributed by atoms with Gasteiger partial charge in [-0.3, -0.25) is 4.79 Å². The molecule has 3 nitrogen and oxygen atoms in total. The first kappa shape index (κ1) is 13.5. The first-order valence-electron chi connectivity index (χ1n) is 5.74. The molecule has 92 valence electrons. The van der Waals surface area contributed by atoms with Crippen molar-refractivity contribution in [1.82, 2.24) is 0 Å². The van der Waals surface area contributed by atoms with Gasteiger partial charge in [-0.25, -0.2) is 0 Å². The van der Waals surface area contributed by atoms with Gasteiger partial charge in [0.1, 0.15) is 6.10 Å². The Morgan fingerprint density at radius 1 is 1.47 bits per heavy atom. The standard InChI is InChI=1S/C14H19NO2/c1-3-7-11(2)17-14(16)10-13(15)12-8-5-4-6-9-12/h3-6,8-9,11,13H,1,7,10,15H2,2H3. The number of ether oxygens (including phenoxy) is 1. The molecule has 0 aliphatic heterocycles. The van der Waals surface area contributed by atoms with E-state index in [-0.39, 0.29) is 24.5 Å². The molecule has 0 amide bonds. The Hall–Kier alpha value is -1.61. The minimum atomic E-state index is -0.306. The number of nitrogens with two attached hydrogens (primary N) is 1. The second kappa shape index (κ2) is 6.86. The van der Waals surface area contributed by atoms with Crippen LogP contribution in [0.4, 0.5) is 0 Å². The van der Waals surface area contributed by atoms with Gasteiger partial charge in [0.05, 0.1) is 6.42 Å². The molecule has 0 heterocycles. The topological polar surface area (TPSA) is 52.3 Å². The van der Waals surface area contributed by atoms with Crippen molar-refractivity contribution in [3.63, 3.8) is 0 Å². The highest BCUT2D eigenvalue weighted by Crippen LogP contribution is 2.14. The molecule has 2 atom stereocenters. The van der Waals surface area contributed by atoms with Crippen molar-refractivity contribution in [3.8, 4) is 0 Å². The van der Waals surface area contributed by atoms with Crippen molar-refractivity contribution < 1.29 is 9.53 Å². The zero-order chi connectivity index (χ0) is 12.7. The summed E-state index contributed by atoms with van der Waals surface area (Å²) < 4.78 is 5.19. The maximum Gasteiger partial charge on any atom is 0.307 e. The lowest BCUT2D eigenvalue weighted by Crippen LogP contribution is -2.20. The van der Waals surface area contributed by atoms with Crippen LogP contribution in [-0.2, 0) is 9.53 Å². The highest BCUT2D eigenvalue weighted by Gasteiger charge is 2.14. The van der Waals surface area contributed by atoms with E-state index >= 15 is 0 Å². The predicted molar refractivity (Wildman–Crippen MR) is 68.4 cm³/mol. The minimum absolute atomic E-state index is 0.136. The normalized spacial score (nSPS) is 13.8. The van der Waals surface area contributed by atoms with Crippen LogP contribution in [0, 0.1) is 0 Å². The van der Waals surface area contributed by atoms with Gasteiger partial charge in [-0.1, -0.05) is 36.4 Å². The van der Waals surface area contributed by atoms with Gasteiger partial charge in [0.2, 0.25) is 0 Å². The van der Waals surface area contributed by atoms with Crippen LogP contribution in [0.5, 0.6) is 0 Å². The van der Waals surface area contributed by atoms with E-state index < -0.39 is 0 Å². The summed E-state index contributed by atoms with van der Waals surface area (Å²) in [5.41, 5.74) is 6.87. The van der Waals surface area contributed by atoms with E-state index in [0.29, 0.717) is 6.42 Å². The fraction of sp³-hybridized carbons (Fsp3) is 0.357. The van der Waals surface area contributed by atoms with Crippen LogP contribution >= 0.6 is 0 Å². The number of hydrogen-bond acceptors (Lipinski definition) is 3. The maximum absolute atomic E-state index is 11.6. The average molecular weight is 233 g/mol. The largest absolute Gasteiger partial charge is 0.462 e. The Morgan fingerprint density at radius 2 is 2.12 bits per heavy atom. The fourth-order valence-corrected chi connectivity index (χ4v) is 1.55. The smallest absolute Gasteiger partial charge is 0.307 e. The summed E-state index contributed by atoms with van der Waals surface area (Å²) in [5, 5.41) is 0. The number of hydrogen-bond donors (Lipinski definition) is 1. The lowest BCUT2D eigenvalue weighted by Gasteiger charge is -2.14. The summed E-state index contributed by atoms with van der Waals surface area (Å²) in [6, 6.07) is 9.23. The Labute approximate surface area is 102 Å². The van der Waals surface area contributed by atoms with Crippen molar-refractivity contribution in [1.29, 1.82) is 0 Å². The molecule has 0 aromatic heterocycles. The quantitative estimate of drug-likeness (QED) is 0.607. The highest BCUT2D eigenvalue weighted by atomic mass is 16.5. The van der Waals surface area contributed by atoms with Crippen molar-refractivity contribution in [2.75, 3.05) is 0 Å². The fourth-order valence-electron chi connectivity index (χ4n) is 1.55. The van der Waals surface area contributed by atoms with E-state index in [0.717, 1.165) is 5.56 Å². The predicted octanol–water partition coefficient (Wildman–Crippen LogP) is 2.58. The number of carbonyl (C=O) groups is 1. The number of rotatable bonds is 6. The van der Waals surface area contributed by atoms with Gasteiger partial charge < -0.3 is 10.5 Å². The van der Waals surface area contributed by atoms with Gasteiger partial charge in [-0.2, -0.15) is 0 Å². The van der Waals surface area contributed by atoms with Gasteiger partial charge in [0, 0.05) is 12.5 Å². The van der Waals surface area contributed by atoms with E-state index in [1.807, 2.05) is 37.3 Å². The van der Waals surface area contributed by atoms with Crippen molar-refractivity contribution in [2.24, 2.45) is 5.73 Å². The van der Waals surface area contributed by atoms with E-state index in [2.05, 4.69) is 6.58 Å². The monoisotopic (exact) mass is 233 g/mol. The van der Waals surface area contributed by atoms with Crippen LogP contribution in [0.15, 0.2) is 43.0 Å². The number of benzene rings is 1. The SMILES string of the molecule is C=CCC(C)OC(=O)CC(N)c1ccccc1. The molecule has 2 N–H and O–H groups in total. The Kier molecular flexibility index (Phi) is 5.43. The molecule has 0 spiro atoms. The third-order valence-corrected chi connectivity index (χ3v) is 2.45. The van der Waals surface area contributed by atoms with E-state index in [1.54, 1.807) is 6.08 Å². The Bertz CT molecular complexity index is 362. The lowest BCUT2D eigenvalue weighted by molar-refractivity contribution is -0.148. The summed E-state index contributed by atoms with van der Waals surface area (Å²) in [4.78, 5) is 11.6. The summed E-state index contributed by atoms with van der Waals surface area (Å²) in [5.74, 6) is -0.268. The van der Waals surface area contributed by atoms with E-state index in [4.69, 9.17) is 10.5 Å². The molecule has 0 aliphatic rings. The van der Waals surface area contributed by atoms with Gasteiger partial charge in [-0.05, 0) is 12.5 Å². The molecule has 1 rings (SSSR count). The third kappa shape index (κ3) is 4.83. The van der Waals surface area contributed by atoms with Crippen molar-refractivity contribution in [3.05, 3.63) is 48.6 Å². The molecule has 0 saturated heterocycles. The summed E-state index contributed by atoms with van der Waals surface area (Å²) in [7, 11) is 0. The molecule has 3 heteroatoms. The molecule has 0 bridgehead atoms. The second-order valence-corrected chi connectivity index (χ2v) is 4.05.